The molecule has 128 valence electrons. The van der Waals surface area contributed by atoms with Gasteiger partial charge in [-0.2, -0.15) is 0 Å². The monoisotopic (exact) mass is 320 g/mol. The Bertz CT molecular complexity index is 546. The number of carbonyl (C=O) groups is 1. The van der Waals surface area contributed by atoms with Crippen LogP contribution in [0.15, 0.2) is 18.2 Å². The Balaban J connectivity index is 2.34. The van der Waals surface area contributed by atoms with Gasteiger partial charge in [0, 0.05) is 11.8 Å². The first-order valence-electron chi connectivity index (χ1n) is 8.19. The zero-order chi connectivity index (χ0) is 17.0. The van der Waals surface area contributed by atoms with E-state index in [0.29, 0.717) is 11.4 Å². The van der Waals surface area contributed by atoms with Crippen LogP contribution in [-0.2, 0) is 9.53 Å². The highest BCUT2D eigenvalue weighted by molar-refractivity contribution is 5.81. The lowest BCUT2D eigenvalue weighted by Gasteiger charge is -2.32. The van der Waals surface area contributed by atoms with Crippen molar-refractivity contribution < 1.29 is 14.3 Å². The predicted octanol–water partition coefficient (Wildman–Crippen LogP) is 2.70. The van der Waals surface area contributed by atoms with Crippen molar-refractivity contribution in [3.8, 4) is 5.75 Å². The number of ether oxygens (including phenoxy) is 2. The standard InChI is InChI=1S/C18H28N2O3/c1-18(2,3)23-17(21)16(12-7-9-20-10-8-12)14-6-5-13(22-4)11-15(14)19/h5-6,11-12,16,20H,7-10,19H2,1-4H3. The summed E-state index contributed by atoms with van der Waals surface area (Å²) in [7, 11) is 1.60. The highest BCUT2D eigenvalue weighted by Gasteiger charge is 2.35. The summed E-state index contributed by atoms with van der Waals surface area (Å²) in [6, 6.07) is 5.52. The largest absolute Gasteiger partial charge is 0.497 e. The van der Waals surface area contributed by atoms with Crippen LogP contribution < -0.4 is 15.8 Å². The van der Waals surface area contributed by atoms with Crippen molar-refractivity contribution in [2.24, 2.45) is 5.92 Å². The molecule has 0 aliphatic carbocycles. The highest BCUT2D eigenvalue weighted by Crippen LogP contribution is 2.37. The number of methoxy groups -OCH3 is 1. The lowest BCUT2D eigenvalue weighted by Crippen LogP contribution is -2.36. The van der Waals surface area contributed by atoms with Gasteiger partial charge in [-0.05, 0) is 64.3 Å². The molecule has 0 radical (unpaired) electrons. The molecule has 0 spiro atoms. The predicted molar refractivity (Wildman–Crippen MR) is 91.6 cm³/mol. The first-order chi connectivity index (χ1) is 10.8. The summed E-state index contributed by atoms with van der Waals surface area (Å²) in [6.45, 7) is 7.51. The minimum Gasteiger partial charge on any atom is -0.497 e. The van der Waals surface area contributed by atoms with Crippen LogP contribution in [0.3, 0.4) is 0 Å². The maximum Gasteiger partial charge on any atom is 0.314 e. The van der Waals surface area contributed by atoms with Crippen LogP contribution >= 0.6 is 0 Å². The van der Waals surface area contributed by atoms with Gasteiger partial charge in [-0.3, -0.25) is 4.79 Å². The molecule has 1 aromatic rings. The number of hydrogen-bond donors (Lipinski definition) is 2. The smallest absolute Gasteiger partial charge is 0.314 e. The molecule has 1 atom stereocenters. The van der Waals surface area contributed by atoms with E-state index in [1.54, 1.807) is 13.2 Å². The van der Waals surface area contributed by atoms with Gasteiger partial charge in [0.05, 0.1) is 13.0 Å². The molecule has 1 saturated heterocycles. The summed E-state index contributed by atoms with van der Waals surface area (Å²) in [5.41, 5.74) is 7.11. The van der Waals surface area contributed by atoms with Gasteiger partial charge in [0.15, 0.2) is 0 Å². The molecule has 5 nitrogen and oxygen atoms in total. The van der Waals surface area contributed by atoms with E-state index >= 15 is 0 Å². The molecule has 1 fully saturated rings. The number of benzene rings is 1. The first kappa shape index (κ1) is 17.6. The molecule has 23 heavy (non-hydrogen) atoms. The summed E-state index contributed by atoms with van der Waals surface area (Å²) in [5, 5.41) is 3.34. The molecule has 1 aliphatic heterocycles. The van der Waals surface area contributed by atoms with Gasteiger partial charge in [0.1, 0.15) is 11.4 Å². The van der Waals surface area contributed by atoms with Crippen LogP contribution in [0.1, 0.15) is 45.1 Å². The summed E-state index contributed by atoms with van der Waals surface area (Å²) < 4.78 is 10.9. The SMILES string of the molecule is COc1ccc(C(C(=O)OC(C)(C)C)C2CCNCC2)c(N)c1. The van der Waals surface area contributed by atoms with Gasteiger partial charge in [-0.15, -0.1) is 0 Å². The Kier molecular flexibility index (Phi) is 5.52. The molecular weight excluding hydrogens is 292 g/mol. The molecule has 1 aliphatic rings. The number of hydrogen-bond acceptors (Lipinski definition) is 5. The number of rotatable bonds is 4. The van der Waals surface area contributed by atoms with Gasteiger partial charge >= 0.3 is 5.97 Å². The number of piperidine rings is 1. The Morgan fingerprint density at radius 1 is 1.30 bits per heavy atom. The molecule has 2 rings (SSSR count). The van der Waals surface area contributed by atoms with Crippen molar-refractivity contribution in [2.45, 2.75) is 45.1 Å². The van der Waals surface area contributed by atoms with E-state index in [9.17, 15) is 4.79 Å². The molecule has 1 unspecified atom stereocenters. The molecule has 0 bridgehead atoms. The summed E-state index contributed by atoms with van der Waals surface area (Å²) in [4.78, 5) is 12.8. The molecule has 3 N–H and O–H groups in total. The van der Waals surface area contributed by atoms with E-state index in [-0.39, 0.29) is 17.8 Å². The van der Waals surface area contributed by atoms with Gasteiger partial charge in [0.25, 0.3) is 0 Å². The zero-order valence-electron chi connectivity index (χ0n) is 14.5. The second-order valence-electron chi connectivity index (χ2n) is 7.09. The Morgan fingerprint density at radius 2 is 1.96 bits per heavy atom. The van der Waals surface area contributed by atoms with Crippen molar-refractivity contribution in [2.75, 3.05) is 25.9 Å². The lowest BCUT2D eigenvalue weighted by atomic mass is 9.79. The van der Waals surface area contributed by atoms with Crippen LogP contribution in [0.25, 0.3) is 0 Å². The van der Waals surface area contributed by atoms with E-state index in [1.807, 2.05) is 32.9 Å². The van der Waals surface area contributed by atoms with Crippen molar-refractivity contribution in [3.05, 3.63) is 23.8 Å². The van der Waals surface area contributed by atoms with Crippen molar-refractivity contribution >= 4 is 11.7 Å². The fraction of sp³-hybridized carbons (Fsp3) is 0.611. The first-order valence-corrected chi connectivity index (χ1v) is 8.19. The molecule has 1 heterocycles. The average Bonchev–Trinajstić information content (AvgIpc) is 2.48. The second-order valence-corrected chi connectivity index (χ2v) is 7.09. The maximum atomic E-state index is 12.8. The van der Waals surface area contributed by atoms with E-state index in [0.717, 1.165) is 31.5 Å². The molecule has 5 heteroatoms. The van der Waals surface area contributed by atoms with Crippen molar-refractivity contribution in [3.63, 3.8) is 0 Å². The van der Waals surface area contributed by atoms with Crippen LogP contribution in [0.2, 0.25) is 0 Å². The maximum absolute atomic E-state index is 12.8. The third-order valence-electron chi connectivity index (χ3n) is 4.14. The van der Waals surface area contributed by atoms with Gasteiger partial charge in [0.2, 0.25) is 0 Å². The van der Waals surface area contributed by atoms with Crippen LogP contribution in [0.4, 0.5) is 5.69 Å². The number of nitrogens with one attached hydrogen (secondary N) is 1. The van der Waals surface area contributed by atoms with Crippen molar-refractivity contribution in [1.82, 2.24) is 5.32 Å². The minimum atomic E-state index is -0.510. The quantitative estimate of drug-likeness (QED) is 0.659. The summed E-state index contributed by atoms with van der Waals surface area (Å²) in [5.74, 6) is 0.407. The van der Waals surface area contributed by atoms with Gasteiger partial charge < -0.3 is 20.5 Å². The molecule has 0 saturated carbocycles. The number of esters is 1. The average molecular weight is 320 g/mol. The van der Waals surface area contributed by atoms with Crippen molar-refractivity contribution in [1.29, 1.82) is 0 Å². The Morgan fingerprint density at radius 3 is 2.48 bits per heavy atom. The van der Waals surface area contributed by atoms with Gasteiger partial charge in [-0.1, -0.05) is 6.07 Å². The second kappa shape index (κ2) is 7.21. The summed E-state index contributed by atoms with van der Waals surface area (Å²) in [6.07, 6.45) is 1.88. The number of nitrogen functional groups attached to an aromatic ring is 1. The van der Waals surface area contributed by atoms with E-state index in [1.165, 1.54) is 0 Å². The van der Waals surface area contributed by atoms with E-state index < -0.39 is 5.60 Å². The van der Waals surface area contributed by atoms with Crippen LogP contribution in [-0.4, -0.2) is 31.8 Å². The molecule has 1 aromatic carbocycles. The third-order valence-corrected chi connectivity index (χ3v) is 4.14. The van der Waals surface area contributed by atoms with E-state index in [4.69, 9.17) is 15.2 Å². The lowest BCUT2D eigenvalue weighted by molar-refractivity contribution is -0.158. The zero-order valence-corrected chi connectivity index (χ0v) is 14.5. The Hall–Kier alpha value is -1.75. The molecular formula is C18H28N2O3. The van der Waals surface area contributed by atoms with Crippen LogP contribution in [0, 0.1) is 5.92 Å². The Labute approximate surface area is 138 Å². The molecule has 0 amide bonds. The normalized spacial score (nSPS) is 17.6. The van der Waals surface area contributed by atoms with Crippen LogP contribution in [0.5, 0.6) is 5.75 Å². The van der Waals surface area contributed by atoms with E-state index in [2.05, 4.69) is 5.32 Å². The highest BCUT2D eigenvalue weighted by atomic mass is 16.6. The summed E-state index contributed by atoms with van der Waals surface area (Å²) >= 11 is 0. The fourth-order valence-electron chi connectivity index (χ4n) is 3.08. The number of nitrogens with two attached hydrogens (primary N) is 1. The fourth-order valence-corrected chi connectivity index (χ4v) is 3.08. The topological polar surface area (TPSA) is 73.6 Å². The molecule has 0 aromatic heterocycles. The number of carbonyl (C=O) groups excluding carboxylic acids is 1. The third kappa shape index (κ3) is 4.61. The van der Waals surface area contributed by atoms with Gasteiger partial charge in [-0.25, -0.2) is 0 Å². The minimum absolute atomic E-state index is 0.193. The number of anilines is 1.